The first-order valence-corrected chi connectivity index (χ1v) is 6.22. The van der Waals surface area contributed by atoms with E-state index in [1.54, 1.807) is 11.3 Å². The second kappa shape index (κ2) is 3.80. The van der Waals surface area contributed by atoms with E-state index in [0.29, 0.717) is 5.01 Å². The number of hydrogen-bond donors (Lipinski definition) is 1. The molecule has 2 aromatic heterocycles. The van der Waals surface area contributed by atoms with Crippen LogP contribution in [0.15, 0.2) is 21.3 Å². The predicted molar refractivity (Wildman–Crippen MR) is 61.6 cm³/mol. The molecule has 72 valence electrons. The van der Waals surface area contributed by atoms with E-state index in [4.69, 9.17) is 5.73 Å². The van der Waals surface area contributed by atoms with E-state index in [1.165, 1.54) is 11.3 Å². The van der Waals surface area contributed by atoms with Gasteiger partial charge in [0.2, 0.25) is 0 Å². The van der Waals surface area contributed by atoms with Gasteiger partial charge in [0.05, 0.1) is 10.6 Å². The molecule has 0 fully saturated rings. The highest BCUT2D eigenvalue weighted by Crippen LogP contribution is 2.30. The first-order chi connectivity index (χ1) is 6.66. The van der Waals surface area contributed by atoms with E-state index in [9.17, 15) is 4.79 Å². The van der Waals surface area contributed by atoms with Gasteiger partial charge in [-0.25, -0.2) is 4.98 Å². The Hall–Kier alpha value is -0.720. The summed E-state index contributed by atoms with van der Waals surface area (Å²) in [5, 5.41) is 4.15. The van der Waals surface area contributed by atoms with Crippen molar-refractivity contribution in [2.45, 2.75) is 0 Å². The lowest BCUT2D eigenvalue weighted by Gasteiger charge is -1.86. The molecule has 0 atom stereocenters. The normalized spacial score (nSPS) is 10.4. The number of hydrogen-bond acceptors (Lipinski definition) is 4. The fourth-order valence-electron chi connectivity index (χ4n) is 0.947. The highest BCUT2D eigenvalue weighted by Gasteiger charge is 2.09. The summed E-state index contributed by atoms with van der Waals surface area (Å²) in [6, 6.07) is 1.96. The Balaban J connectivity index is 2.38. The highest BCUT2D eigenvalue weighted by atomic mass is 79.9. The Labute approximate surface area is 96.7 Å². The summed E-state index contributed by atoms with van der Waals surface area (Å²) in [5.74, 6) is -0.475. The van der Waals surface area contributed by atoms with Crippen LogP contribution in [-0.4, -0.2) is 10.9 Å². The van der Waals surface area contributed by atoms with Crippen LogP contribution in [0.2, 0.25) is 0 Å². The summed E-state index contributed by atoms with van der Waals surface area (Å²) in [7, 11) is 0. The van der Waals surface area contributed by atoms with E-state index >= 15 is 0 Å². The van der Waals surface area contributed by atoms with Gasteiger partial charge in [-0.3, -0.25) is 4.79 Å². The molecule has 14 heavy (non-hydrogen) atoms. The average Bonchev–Trinajstić information content (AvgIpc) is 2.70. The van der Waals surface area contributed by atoms with Gasteiger partial charge in [0, 0.05) is 15.2 Å². The quantitative estimate of drug-likeness (QED) is 0.924. The monoisotopic (exact) mass is 288 g/mol. The fraction of sp³-hybridized carbons (Fsp3) is 0. The predicted octanol–water partition coefficient (Wildman–Crippen LogP) is 2.73. The van der Waals surface area contributed by atoms with Crippen molar-refractivity contribution in [3.63, 3.8) is 0 Å². The molecule has 2 aromatic rings. The number of thiophene rings is 1. The summed E-state index contributed by atoms with van der Waals surface area (Å²) in [4.78, 5) is 16.0. The van der Waals surface area contributed by atoms with Crippen molar-refractivity contribution in [3.8, 4) is 10.6 Å². The number of amides is 1. The van der Waals surface area contributed by atoms with E-state index in [1.807, 2.05) is 16.8 Å². The van der Waals surface area contributed by atoms with Gasteiger partial charge in [0.25, 0.3) is 5.91 Å². The third-order valence-corrected chi connectivity index (χ3v) is 4.11. The van der Waals surface area contributed by atoms with Crippen LogP contribution in [0.1, 0.15) is 9.80 Å². The number of rotatable bonds is 2. The van der Waals surface area contributed by atoms with Crippen LogP contribution < -0.4 is 5.73 Å². The Morgan fingerprint density at radius 1 is 1.43 bits per heavy atom. The molecule has 2 N–H and O–H groups in total. The number of thiazole rings is 1. The molecule has 0 aromatic carbocycles. The Morgan fingerprint density at radius 3 is 2.71 bits per heavy atom. The fourth-order valence-corrected chi connectivity index (χ4v) is 3.08. The summed E-state index contributed by atoms with van der Waals surface area (Å²) in [6.07, 6.45) is 0. The Bertz CT molecular complexity index is 477. The smallest absolute Gasteiger partial charge is 0.277 e. The maximum Gasteiger partial charge on any atom is 0.277 e. The number of primary amides is 1. The molecule has 3 nitrogen and oxygen atoms in total. The second-order valence-corrected chi connectivity index (χ2v) is 5.22. The van der Waals surface area contributed by atoms with E-state index in [0.717, 1.165) is 15.0 Å². The number of nitrogens with two attached hydrogens (primary N) is 1. The molecular formula is C8H5BrN2OS2. The minimum atomic E-state index is -0.475. The van der Waals surface area contributed by atoms with Crippen LogP contribution in [0.4, 0.5) is 0 Å². The van der Waals surface area contributed by atoms with Crippen LogP contribution >= 0.6 is 38.6 Å². The van der Waals surface area contributed by atoms with Crippen LogP contribution in [0.3, 0.4) is 0 Å². The lowest BCUT2D eigenvalue weighted by atomic mass is 10.4. The van der Waals surface area contributed by atoms with Gasteiger partial charge in [0.15, 0.2) is 5.01 Å². The van der Waals surface area contributed by atoms with Gasteiger partial charge in [0.1, 0.15) is 0 Å². The van der Waals surface area contributed by atoms with Crippen molar-refractivity contribution in [2.24, 2.45) is 5.73 Å². The summed E-state index contributed by atoms with van der Waals surface area (Å²) in [6.45, 7) is 0. The third-order valence-electron chi connectivity index (χ3n) is 1.53. The largest absolute Gasteiger partial charge is 0.364 e. The zero-order valence-electron chi connectivity index (χ0n) is 6.86. The molecule has 2 heterocycles. The minimum absolute atomic E-state index is 0.351. The van der Waals surface area contributed by atoms with Crippen LogP contribution in [-0.2, 0) is 0 Å². The average molecular weight is 289 g/mol. The van der Waals surface area contributed by atoms with Gasteiger partial charge < -0.3 is 5.73 Å². The zero-order valence-corrected chi connectivity index (χ0v) is 10.1. The first-order valence-electron chi connectivity index (χ1n) is 3.66. The second-order valence-electron chi connectivity index (χ2n) is 2.53. The molecule has 0 saturated heterocycles. The van der Waals surface area contributed by atoms with Crippen molar-refractivity contribution >= 4 is 44.5 Å². The number of halogens is 1. The molecule has 0 aliphatic rings. The standard InChI is InChI=1S/C8H5BrN2OS2/c9-4-1-6(13-2-4)5-3-14-8(11-5)7(10)12/h1-3H,(H2,10,12). The van der Waals surface area contributed by atoms with Crippen molar-refractivity contribution in [2.75, 3.05) is 0 Å². The van der Waals surface area contributed by atoms with E-state index < -0.39 is 5.91 Å². The van der Waals surface area contributed by atoms with Crippen molar-refractivity contribution < 1.29 is 4.79 Å². The molecule has 6 heteroatoms. The lowest BCUT2D eigenvalue weighted by Crippen LogP contribution is -2.09. The number of carbonyl (C=O) groups excluding carboxylic acids is 1. The van der Waals surface area contributed by atoms with Gasteiger partial charge in [-0.1, -0.05) is 0 Å². The molecule has 0 radical (unpaired) electrons. The van der Waals surface area contributed by atoms with E-state index in [2.05, 4.69) is 20.9 Å². The molecule has 0 aliphatic heterocycles. The maximum absolute atomic E-state index is 10.8. The SMILES string of the molecule is NC(=O)c1nc(-c2cc(Br)cs2)cs1. The first kappa shape index (κ1) is 9.82. The molecular weight excluding hydrogens is 284 g/mol. The Morgan fingerprint density at radius 2 is 2.21 bits per heavy atom. The van der Waals surface area contributed by atoms with Crippen molar-refractivity contribution in [3.05, 3.63) is 26.3 Å². The van der Waals surface area contributed by atoms with Crippen LogP contribution in [0.5, 0.6) is 0 Å². The molecule has 0 aliphatic carbocycles. The molecule has 0 bridgehead atoms. The minimum Gasteiger partial charge on any atom is -0.364 e. The van der Waals surface area contributed by atoms with Gasteiger partial charge in [-0.2, -0.15) is 0 Å². The van der Waals surface area contributed by atoms with Gasteiger partial charge in [-0.15, -0.1) is 22.7 Å². The van der Waals surface area contributed by atoms with Crippen LogP contribution in [0, 0.1) is 0 Å². The number of carbonyl (C=O) groups is 1. The molecule has 1 amide bonds. The summed E-state index contributed by atoms with van der Waals surface area (Å²) in [5.41, 5.74) is 5.92. The van der Waals surface area contributed by atoms with Crippen molar-refractivity contribution in [1.29, 1.82) is 0 Å². The van der Waals surface area contributed by atoms with Gasteiger partial charge >= 0.3 is 0 Å². The summed E-state index contributed by atoms with van der Waals surface area (Å²) < 4.78 is 1.02. The maximum atomic E-state index is 10.8. The highest BCUT2D eigenvalue weighted by molar-refractivity contribution is 9.10. The zero-order chi connectivity index (χ0) is 10.1. The topological polar surface area (TPSA) is 56.0 Å². The lowest BCUT2D eigenvalue weighted by molar-refractivity contribution is 0.1000. The summed E-state index contributed by atoms with van der Waals surface area (Å²) >= 11 is 6.20. The third kappa shape index (κ3) is 1.87. The van der Waals surface area contributed by atoms with Gasteiger partial charge in [-0.05, 0) is 22.0 Å². The molecule has 0 spiro atoms. The van der Waals surface area contributed by atoms with Crippen molar-refractivity contribution in [1.82, 2.24) is 4.98 Å². The molecule has 0 saturated carbocycles. The molecule has 2 rings (SSSR count). The van der Waals surface area contributed by atoms with E-state index in [-0.39, 0.29) is 0 Å². The molecule has 0 unspecified atom stereocenters. The number of aromatic nitrogens is 1. The van der Waals surface area contributed by atoms with Crippen LogP contribution in [0.25, 0.3) is 10.6 Å². The number of nitrogens with zero attached hydrogens (tertiary/aromatic N) is 1. The Kier molecular flexibility index (Phi) is 2.66.